The fourth-order valence-corrected chi connectivity index (χ4v) is 3.38. The van der Waals surface area contributed by atoms with E-state index in [1.165, 1.54) is 4.68 Å². The van der Waals surface area contributed by atoms with Crippen molar-refractivity contribution in [1.82, 2.24) is 14.3 Å². The van der Waals surface area contributed by atoms with Crippen molar-refractivity contribution in [2.45, 2.75) is 13.5 Å². The third-order valence-corrected chi connectivity index (χ3v) is 4.61. The van der Waals surface area contributed by atoms with E-state index >= 15 is 0 Å². The summed E-state index contributed by atoms with van der Waals surface area (Å²) >= 11 is 0. The van der Waals surface area contributed by atoms with Crippen LogP contribution in [-0.4, -0.2) is 20.4 Å². The van der Waals surface area contributed by atoms with Crippen LogP contribution >= 0.6 is 0 Å². The minimum atomic E-state index is -0.880. The maximum atomic E-state index is 13.0. The largest absolute Gasteiger partial charge is 0.410 e. The third-order valence-electron chi connectivity index (χ3n) is 4.61. The Kier molecular flexibility index (Phi) is 3.92. The van der Waals surface area contributed by atoms with Gasteiger partial charge in [0, 0.05) is 23.3 Å². The highest BCUT2D eigenvalue weighted by Crippen LogP contribution is 2.26. The van der Waals surface area contributed by atoms with Crippen molar-refractivity contribution < 1.29 is 9.53 Å². The molecule has 4 aromatic rings. The molecule has 0 saturated carbocycles. The highest BCUT2D eigenvalue weighted by atomic mass is 16.5. The lowest BCUT2D eigenvalue weighted by Gasteiger charge is -2.07. The van der Waals surface area contributed by atoms with Gasteiger partial charge in [0.25, 0.3) is 5.56 Å². The predicted octanol–water partition coefficient (Wildman–Crippen LogP) is 2.70. The second kappa shape index (κ2) is 6.28. The van der Waals surface area contributed by atoms with Crippen LogP contribution in [0, 0.1) is 6.92 Å². The molecule has 2 N–H and O–H groups in total. The van der Waals surface area contributed by atoms with Crippen LogP contribution < -0.4 is 16.0 Å². The number of nitrogens with two attached hydrogens (primary N) is 1. The summed E-state index contributed by atoms with van der Waals surface area (Å²) < 4.78 is 8.20. The summed E-state index contributed by atoms with van der Waals surface area (Å²) in [5, 5.41) is 6.18. The lowest BCUT2D eigenvalue weighted by Crippen LogP contribution is -2.24. The number of ether oxygens (including phenoxy) is 1. The van der Waals surface area contributed by atoms with Crippen molar-refractivity contribution >= 4 is 27.9 Å². The topological polar surface area (TPSA) is 92.1 Å². The van der Waals surface area contributed by atoms with Crippen molar-refractivity contribution in [2.75, 3.05) is 0 Å². The van der Waals surface area contributed by atoms with Crippen molar-refractivity contribution in [3.8, 4) is 5.75 Å². The van der Waals surface area contributed by atoms with Gasteiger partial charge in [0.1, 0.15) is 11.3 Å². The fourth-order valence-electron chi connectivity index (χ4n) is 3.38. The molecule has 0 fully saturated rings. The van der Waals surface area contributed by atoms with Crippen LogP contribution in [-0.2, 0) is 13.6 Å². The number of nitrogens with zero attached hydrogens (tertiary/aromatic N) is 3. The molecule has 0 aliphatic rings. The van der Waals surface area contributed by atoms with E-state index in [1.54, 1.807) is 24.4 Å². The number of amides is 1. The van der Waals surface area contributed by atoms with E-state index in [-0.39, 0.29) is 12.1 Å². The molecule has 2 aromatic heterocycles. The zero-order valence-corrected chi connectivity index (χ0v) is 15.0. The monoisotopic (exact) mass is 362 g/mol. The molecule has 4 rings (SSSR count). The Balaban J connectivity index is 1.81. The number of aryl methyl sites for hydroxylation is 2. The second-order valence-electron chi connectivity index (χ2n) is 6.52. The molecule has 7 heteroatoms. The van der Waals surface area contributed by atoms with Crippen LogP contribution in [0.15, 0.2) is 53.5 Å². The zero-order chi connectivity index (χ0) is 19.1. The number of aromatic nitrogens is 3. The number of rotatable bonds is 3. The molecule has 0 unspecified atom stereocenters. The van der Waals surface area contributed by atoms with Gasteiger partial charge >= 0.3 is 6.09 Å². The van der Waals surface area contributed by atoms with Crippen LogP contribution in [0.3, 0.4) is 0 Å². The molecule has 0 saturated heterocycles. The van der Waals surface area contributed by atoms with Gasteiger partial charge in [0.05, 0.1) is 12.7 Å². The average molecular weight is 362 g/mol. The molecule has 1 amide bonds. The lowest BCUT2D eigenvalue weighted by molar-refractivity contribution is 0.211. The molecule has 0 atom stereocenters. The van der Waals surface area contributed by atoms with Crippen molar-refractivity contribution in [2.24, 2.45) is 12.8 Å². The Hall–Kier alpha value is -3.61. The Labute approximate surface area is 154 Å². The van der Waals surface area contributed by atoms with Gasteiger partial charge in [0.15, 0.2) is 0 Å². The van der Waals surface area contributed by atoms with Crippen LogP contribution in [0.1, 0.15) is 11.1 Å². The predicted molar refractivity (Wildman–Crippen MR) is 103 cm³/mol. The third kappa shape index (κ3) is 2.93. The minimum Gasteiger partial charge on any atom is -0.410 e. The lowest BCUT2D eigenvalue weighted by atomic mass is 10.1. The number of hydrogen-bond donors (Lipinski definition) is 1. The van der Waals surface area contributed by atoms with Crippen molar-refractivity contribution in [3.05, 3.63) is 70.1 Å². The van der Waals surface area contributed by atoms with Gasteiger partial charge < -0.3 is 15.0 Å². The Morgan fingerprint density at radius 3 is 2.78 bits per heavy atom. The summed E-state index contributed by atoms with van der Waals surface area (Å²) in [6.45, 7) is 2.28. The number of fused-ring (bicyclic) bond motifs is 3. The fraction of sp³-hybridized carbons (Fsp3) is 0.150. The molecule has 136 valence electrons. The Morgan fingerprint density at radius 1 is 1.19 bits per heavy atom. The number of carbonyl (C=O) groups is 1. The number of benzene rings is 2. The van der Waals surface area contributed by atoms with Crippen LogP contribution in [0.5, 0.6) is 5.75 Å². The molecular formula is C20H18N4O3. The van der Waals surface area contributed by atoms with Crippen LogP contribution in [0.4, 0.5) is 4.79 Å². The van der Waals surface area contributed by atoms with E-state index in [1.807, 2.05) is 36.7 Å². The van der Waals surface area contributed by atoms with E-state index < -0.39 is 6.09 Å². The van der Waals surface area contributed by atoms with E-state index in [0.29, 0.717) is 11.3 Å². The van der Waals surface area contributed by atoms with E-state index in [9.17, 15) is 9.59 Å². The van der Waals surface area contributed by atoms with Crippen LogP contribution in [0.25, 0.3) is 21.8 Å². The highest BCUT2D eigenvalue weighted by Gasteiger charge is 2.14. The normalized spacial score (nSPS) is 11.2. The maximum Gasteiger partial charge on any atom is 0.409 e. The quantitative estimate of drug-likeness (QED) is 0.606. The SMILES string of the molecule is Cc1ccc2c3cnn(Cc4cccc(OC(N)=O)c4)c(=O)c3n(C)c2c1. The first kappa shape index (κ1) is 16.8. The molecule has 27 heavy (non-hydrogen) atoms. The average Bonchev–Trinajstić information content (AvgIpc) is 2.90. The van der Waals surface area contributed by atoms with Gasteiger partial charge in [-0.3, -0.25) is 4.79 Å². The molecule has 0 aliphatic carbocycles. The first-order valence-electron chi connectivity index (χ1n) is 8.45. The van der Waals surface area contributed by atoms with Gasteiger partial charge in [-0.15, -0.1) is 0 Å². The van der Waals surface area contributed by atoms with Crippen LogP contribution in [0.2, 0.25) is 0 Å². The van der Waals surface area contributed by atoms with E-state index in [0.717, 1.165) is 27.4 Å². The first-order chi connectivity index (χ1) is 12.9. The van der Waals surface area contributed by atoms with E-state index in [4.69, 9.17) is 10.5 Å². The van der Waals surface area contributed by atoms with E-state index in [2.05, 4.69) is 11.2 Å². The molecule has 7 nitrogen and oxygen atoms in total. The molecule has 0 aliphatic heterocycles. The molecular weight excluding hydrogens is 344 g/mol. The molecule has 2 heterocycles. The zero-order valence-electron chi connectivity index (χ0n) is 15.0. The summed E-state index contributed by atoms with van der Waals surface area (Å²) in [7, 11) is 1.89. The molecule has 0 radical (unpaired) electrons. The summed E-state index contributed by atoms with van der Waals surface area (Å²) in [6.07, 6.45) is 0.840. The van der Waals surface area contributed by atoms with Gasteiger partial charge in [0.2, 0.25) is 0 Å². The number of hydrogen-bond acceptors (Lipinski definition) is 4. The number of carbonyl (C=O) groups excluding carboxylic acids is 1. The highest BCUT2D eigenvalue weighted by molar-refractivity contribution is 6.07. The second-order valence-corrected chi connectivity index (χ2v) is 6.52. The summed E-state index contributed by atoms with van der Waals surface area (Å²) in [4.78, 5) is 24.0. The van der Waals surface area contributed by atoms with Crippen molar-refractivity contribution in [3.63, 3.8) is 0 Å². The van der Waals surface area contributed by atoms with Gasteiger partial charge in [-0.25, -0.2) is 9.48 Å². The standard InChI is InChI=1S/C20H18N4O3/c1-12-6-7-15-16-10-22-24(19(25)18(16)23(2)17(15)8-12)11-13-4-3-5-14(9-13)27-20(21)26/h3-10H,11H2,1-2H3,(H2,21,26). The number of primary amides is 1. The summed E-state index contributed by atoms with van der Waals surface area (Å²) in [5.74, 6) is 0.328. The van der Waals surface area contributed by atoms with Gasteiger partial charge in [-0.1, -0.05) is 24.3 Å². The summed E-state index contributed by atoms with van der Waals surface area (Å²) in [5.41, 5.74) is 8.38. The smallest absolute Gasteiger partial charge is 0.409 e. The first-order valence-corrected chi connectivity index (χ1v) is 8.45. The Bertz CT molecular complexity index is 1250. The Morgan fingerprint density at radius 2 is 2.00 bits per heavy atom. The minimum absolute atomic E-state index is 0.176. The van der Waals surface area contributed by atoms with Gasteiger partial charge in [-0.2, -0.15) is 5.10 Å². The molecule has 0 spiro atoms. The molecule has 0 bridgehead atoms. The maximum absolute atomic E-state index is 13.0. The molecule has 2 aromatic carbocycles. The van der Waals surface area contributed by atoms with Crippen molar-refractivity contribution in [1.29, 1.82) is 0 Å². The summed E-state index contributed by atoms with van der Waals surface area (Å²) in [6, 6.07) is 13.0. The van der Waals surface area contributed by atoms with Gasteiger partial charge in [-0.05, 0) is 36.2 Å².